The molecule has 0 spiro atoms. The number of rotatable bonds is 4. The predicted molar refractivity (Wildman–Crippen MR) is 103 cm³/mol. The highest BCUT2D eigenvalue weighted by Crippen LogP contribution is 2.28. The van der Waals surface area contributed by atoms with Crippen molar-refractivity contribution >= 4 is 28.9 Å². The lowest BCUT2D eigenvalue weighted by Gasteiger charge is -2.08. The first-order valence-corrected chi connectivity index (χ1v) is 8.83. The van der Waals surface area contributed by atoms with Crippen LogP contribution in [0.25, 0.3) is 6.08 Å². The molecule has 4 rings (SSSR count). The molecular weight excluding hydrogens is 366 g/mol. The van der Waals surface area contributed by atoms with Crippen molar-refractivity contribution in [2.45, 2.75) is 0 Å². The van der Waals surface area contributed by atoms with E-state index in [2.05, 4.69) is 15.0 Å². The smallest absolute Gasteiger partial charge is 0.307 e. The third kappa shape index (κ3) is 3.22. The molecule has 3 aromatic rings. The average molecular weight is 381 g/mol. The summed E-state index contributed by atoms with van der Waals surface area (Å²) in [7, 11) is 3.17. The lowest BCUT2D eigenvalue weighted by molar-refractivity contribution is 0.355. The van der Waals surface area contributed by atoms with Gasteiger partial charge in [0, 0.05) is 5.56 Å². The molecule has 0 fully saturated rings. The molecule has 0 saturated carbocycles. The zero-order valence-electron chi connectivity index (χ0n) is 14.5. The van der Waals surface area contributed by atoms with E-state index in [0.717, 1.165) is 33.2 Å². The number of aromatic nitrogens is 1. The van der Waals surface area contributed by atoms with Gasteiger partial charge in [0.05, 0.1) is 30.1 Å². The largest absolute Gasteiger partial charge is 0.493 e. The van der Waals surface area contributed by atoms with Crippen LogP contribution >= 0.6 is 11.3 Å². The standard InChI is InChI=1S/C19H15N3O4S/c1-25-14-6-4-11(9-15(14)26-2)17-20-12-5-3-10(7-13(12)21-17)8-16-18(23)22-19(24)27-16/h3-9,23H,1-2H3,(H,22,24). The number of hydrogen-bond acceptors (Lipinski definition) is 7. The maximum atomic E-state index is 11.3. The van der Waals surface area contributed by atoms with Gasteiger partial charge in [0.1, 0.15) is 0 Å². The van der Waals surface area contributed by atoms with Gasteiger partial charge in [-0.05, 0) is 41.6 Å². The van der Waals surface area contributed by atoms with Crippen LogP contribution in [0, 0.1) is 0 Å². The maximum Gasteiger partial charge on any atom is 0.307 e. The zero-order valence-corrected chi connectivity index (χ0v) is 15.3. The quantitative estimate of drug-likeness (QED) is 0.719. The molecule has 2 aromatic carbocycles. The van der Waals surface area contributed by atoms with Crippen LogP contribution in [0.15, 0.2) is 51.2 Å². The number of aromatic amines is 1. The van der Waals surface area contributed by atoms with E-state index in [4.69, 9.17) is 9.47 Å². The van der Waals surface area contributed by atoms with Gasteiger partial charge < -0.3 is 14.6 Å². The van der Waals surface area contributed by atoms with Gasteiger partial charge in [0.2, 0.25) is 5.88 Å². The van der Waals surface area contributed by atoms with Crippen molar-refractivity contribution in [2.75, 3.05) is 14.2 Å². The Morgan fingerprint density at radius 2 is 1.89 bits per heavy atom. The molecule has 0 bridgehead atoms. The van der Waals surface area contributed by atoms with E-state index in [9.17, 15) is 9.90 Å². The zero-order chi connectivity index (χ0) is 19.0. The summed E-state index contributed by atoms with van der Waals surface area (Å²) in [6.07, 6.45) is 1.72. The fourth-order valence-corrected chi connectivity index (χ4v) is 3.44. The Hall–Kier alpha value is -3.39. The minimum atomic E-state index is -0.302. The number of H-pyrrole nitrogens is 1. The van der Waals surface area contributed by atoms with Gasteiger partial charge in [-0.1, -0.05) is 17.4 Å². The fourth-order valence-electron chi connectivity index (χ4n) is 2.75. The molecule has 7 nitrogen and oxygen atoms in total. The number of amidine groups is 1. The number of nitrogens with zero attached hydrogens (tertiary/aromatic N) is 2. The van der Waals surface area contributed by atoms with E-state index in [0.29, 0.717) is 22.2 Å². The van der Waals surface area contributed by atoms with Crippen LogP contribution < -0.4 is 24.9 Å². The predicted octanol–water partition coefficient (Wildman–Crippen LogP) is 1.70. The molecule has 2 N–H and O–H groups in total. The summed E-state index contributed by atoms with van der Waals surface area (Å²) in [5, 5.41) is 11.3. The second-order valence-electron chi connectivity index (χ2n) is 5.74. The van der Waals surface area contributed by atoms with Crippen molar-refractivity contribution in [3.8, 4) is 17.4 Å². The van der Waals surface area contributed by atoms with Crippen molar-refractivity contribution in [2.24, 2.45) is 9.98 Å². The Labute approximate surface area is 157 Å². The normalized spacial score (nSPS) is 13.1. The van der Waals surface area contributed by atoms with E-state index >= 15 is 0 Å². The van der Waals surface area contributed by atoms with Crippen LogP contribution in [-0.4, -0.2) is 30.1 Å². The summed E-state index contributed by atoms with van der Waals surface area (Å²) in [6, 6.07) is 11.1. The number of fused-ring (bicyclic) bond motifs is 1. The summed E-state index contributed by atoms with van der Waals surface area (Å²) >= 11 is 0.946. The second-order valence-corrected chi connectivity index (χ2v) is 6.75. The molecule has 0 amide bonds. The highest BCUT2D eigenvalue weighted by atomic mass is 32.1. The van der Waals surface area contributed by atoms with Crippen LogP contribution in [-0.2, 0) is 0 Å². The number of ether oxygens (including phenoxy) is 2. The van der Waals surface area contributed by atoms with Crippen LogP contribution in [0.5, 0.6) is 17.4 Å². The molecule has 0 saturated heterocycles. The molecule has 0 unspecified atom stereocenters. The second kappa shape index (κ2) is 6.73. The first-order valence-electron chi connectivity index (χ1n) is 8.01. The van der Waals surface area contributed by atoms with E-state index in [1.807, 2.05) is 36.4 Å². The van der Waals surface area contributed by atoms with E-state index in [-0.39, 0.29) is 10.8 Å². The number of benzene rings is 2. The molecule has 0 atom stereocenters. The first kappa shape index (κ1) is 17.0. The number of methoxy groups -OCH3 is 2. The Balaban J connectivity index is 1.73. The molecule has 1 aliphatic rings. The number of nitrogens with one attached hydrogen (secondary N) is 1. The van der Waals surface area contributed by atoms with Crippen molar-refractivity contribution in [1.82, 2.24) is 4.98 Å². The highest BCUT2D eigenvalue weighted by Gasteiger charge is 2.13. The number of aromatic hydroxyl groups is 1. The van der Waals surface area contributed by atoms with Gasteiger partial charge in [-0.15, -0.1) is 0 Å². The Bertz CT molecular complexity index is 1240. The minimum absolute atomic E-state index is 0.135. The summed E-state index contributed by atoms with van der Waals surface area (Å²) < 4.78 is 10.6. The van der Waals surface area contributed by atoms with Gasteiger partial charge in [-0.2, -0.15) is 0 Å². The van der Waals surface area contributed by atoms with E-state index < -0.39 is 0 Å². The molecule has 136 valence electrons. The van der Waals surface area contributed by atoms with E-state index in [1.54, 1.807) is 20.3 Å². The molecule has 27 heavy (non-hydrogen) atoms. The third-order valence-corrected chi connectivity index (χ3v) is 4.87. The molecule has 1 aromatic heterocycles. The summed E-state index contributed by atoms with van der Waals surface area (Å²) in [5.74, 6) is 1.69. The van der Waals surface area contributed by atoms with Gasteiger partial charge in [0.25, 0.3) is 0 Å². The molecule has 0 radical (unpaired) electrons. The fraction of sp³-hybridized carbons (Fsp3) is 0.105. The maximum absolute atomic E-state index is 11.3. The van der Waals surface area contributed by atoms with E-state index in [1.165, 1.54) is 0 Å². The van der Waals surface area contributed by atoms with Gasteiger partial charge in [-0.3, -0.25) is 9.78 Å². The number of hydrogen-bond donors (Lipinski definition) is 2. The third-order valence-electron chi connectivity index (χ3n) is 4.05. The molecular formula is C19H15N3O4S. The molecule has 8 heteroatoms. The average Bonchev–Trinajstić information content (AvgIpc) is 3.23. The van der Waals surface area contributed by atoms with Crippen LogP contribution in [0.1, 0.15) is 10.4 Å². The minimum Gasteiger partial charge on any atom is -0.493 e. The monoisotopic (exact) mass is 381 g/mol. The van der Waals surface area contributed by atoms with Gasteiger partial charge >= 0.3 is 4.87 Å². The summed E-state index contributed by atoms with van der Waals surface area (Å²) in [5.41, 5.74) is 1.53. The Morgan fingerprint density at radius 1 is 1.07 bits per heavy atom. The van der Waals surface area contributed by atoms with Crippen LogP contribution in [0.2, 0.25) is 0 Å². The lowest BCUT2D eigenvalue weighted by atomic mass is 10.2. The topological polar surface area (TPSA) is 96.3 Å². The van der Waals surface area contributed by atoms with Crippen molar-refractivity contribution < 1.29 is 14.6 Å². The number of thiazole rings is 1. The number of aliphatic imine (C=N–C) groups is 1. The molecule has 0 aliphatic carbocycles. The van der Waals surface area contributed by atoms with Gasteiger partial charge in [-0.25, -0.2) is 9.98 Å². The lowest BCUT2D eigenvalue weighted by Crippen LogP contribution is -2.07. The Morgan fingerprint density at radius 3 is 2.59 bits per heavy atom. The molecule has 2 heterocycles. The molecule has 1 aliphatic heterocycles. The highest BCUT2D eigenvalue weighted by molar-refractivity contribution is 7.10. The summed E-state index contributed by atoms with van der Waals surface area (Å²) in [4.78, 5) is 23.0. The Kier molecular flexibility index (Phi) is 4.25. The SMILES string of the molecule is COc1ccc(C2=Nc3cc(=Cc4sc(=O)[nH]c4O)ccc3=N2)cc1OC. The van der Waals surface area contributed by atoms with Crippen molar-refractivity contribution in [3.05, 3.63) is 67.1 Å². The van der Waals surface area contributed by atoms with Crippen molar-refractivity contribution in [3.63, 3.8) is 0 Å². The van der Waals surface area contributed by atoms with Crippen molar-refractivity contribution in [1.29, 1.82) is 0 Å². The first-order chi connectivity index (χ1) is 13.1. The van der Waals surface area contributed by atoms with Crippen LogP contribution in [0.4, 0.5) is 5.69 Å². The van der Waals surface area contributed by atoms with Gasteiger partial charge in [0.15, 0.2) is 17.3 Å². The summed E-state index contributed by atoms with van der Waals surface area (Å²) in [6.45, 7) is 0. The van der Waals surface area contributed by atoms with Crippen LogP contribution in [0.3, 0.4) is 0 Å².